The number of ether oxygens (including phenoxy) is 1. The van der Waals surface area contributed by atoms with E-state index in [2.05, 4.69) is 48.0 Å². The van der Waals surface area contributed by atoms with Gasteiger partial charge < -0.3 is 9.30 Å². The lowest BCUT2D eigenvalue weighted by Gasteiger charge is -2.18. The Hall–Kier alpha value is -2.12. The van der Waals surface area contributed by atoms with Crippen molar-refractivity contribution in [1.29, 1.82) is 0 Å². The van der Waals surface area contributed by atoms with Crippen LogP contribution >= 0.6 is 35.6 Å². The maximum Gasteiger partial charge on any atom is 0.266 e. The predicted molar refractivity (Wildman–Crippen MR) is 141 cm³/mol. The summed E-state index contributed by atoms with van der Waals surface area (Å²) in [4.78, 5) is 15.5. The molecule has 7 heteroatoms. The van der Waals surface area contributed by atoms with Gasteiger partial charge in [-0.05, 0) is 48.6 Å². The van der Waals surface area contributed by atoms with Gasteiger partial charge >= 0.3 is 0 Å². The van der Waals surface area contributed by atoms with Gasteiger partial charge in [-0.2, -0.15) is 0 Å². The molecule has 2 aromatic carbocycles. The number of thiocarbonyl (C=S) groups is 1. The molecule has 2 aliphatic rings. The van der Waals surface area contributed by atoms with Gasteiger partial charge in [0.25, 0.3) is 5.91 Å². The van der Waals surface area contributed by atoms with Gasteiger partial charge in [0.15, 0.2) is 0 Å². The molecule has 4 nitrogen and oxygen atoms in total. The monoisotopic (exact) mass is 496 g/mol. The molecule has 0 spiro atoms. The van der Waals surface area contributed by atoms with Crippen LogP contribution in [0.15, 0.2) is 53.6 Å². The minimum absolute atomic E-state index is 0.0225. The molecule has 2 aliphatic heterocycles. The Morgan fingerprint density at radius 1 is 1.24 bits per heavy atom. The highest BCUT2D eigenvalue weighted by Gasteiger charge is 2.34. The minimum atomic E-state index is -0.0225. The second kappa shape index (κ2) is 9.63. The molecule has 2 fully saturated rings. The lowest BCUT2D eigenvalue weighted by atomic mass is 10.1. The molecule has 0 saturated carbocycles. The first-order chi connectivity index (χ1) is 16.0. The zero-order chi connectivity index (χ0) is 22.9. The predicted octanol–water partition coefficient (Wildman–Crippen LogP) is 6.29. The van der Waals surface area contributed by atoms with Gasteiger partial charge in [0.2, 0.25) is 0 Å². The number of rotatable bonds is 6. The molecule has 0 unspecified atom stereocenters. The van der Waals surface area contributed by atoms with Crippen molar-refractivity contribution in [2.24, 2.45) is 0 Å². The molecule has 0 bridgehead atoms. The summed E-state index contributed by atoms with van der Waals surface area (Å²) in [7, 11) is 0. The van der Waals surface area contributed by atoms with E-state index in [1.807, 2.05) is 18.2 Å². The number of aryl methyl sites for hydroxylation is 1. The summed E-state index contributed by atoms with van der Waals surface area (Å²) in [5.74, 6) is -0.0225. The molecule has 1 atom stereocenters. The largest absolute Gasteiger partial charge is 0.376 e. The molecule has 2 saturated heterocycles. The van der Waals surface area contributed by atoms with Crippen LogP contribution in [0.1, 0.15) is 36.5 Å². The van der Waals surface area contributed by atoms with E-state index >= 15 is 0 Å². The maximum atomic E-state index is 13.2. The number of benzene rings is 2. The highest BCUT2D eigenvalue weighted by atomic mass is 35.5. The third kappa shape index (κ3) is 4.62. The van der Waals surface area contributed by atoms with Crippen molar-refractivity contribution in [3.8, 4) is 0 Å². The zero-order valence-corrected chi connectivity index (χ0v) is 20.8. The molecule has 0 aliphatic carbocycles. The number of halogens is 1. The number of fused-ring (bicyclic) bond motifs is 1. The Morgan fingerprint density at radius 3 is 2.79 bits per heavy atom. The van der Waals surface area contributed by atoms with Crippen LogP contribution in [0.2, 0.25) is 5.02 Å². The number of nitrogens with zero attached hydrogens (tertiary/aromatic N) is 2. The Labute approximate surface area is 208 Å². The van der Waals surface area contributed by atoms with Gasteiger partial charge in [-0.25, -0.2) is 0 Å². The molecule has 3 aromatic rings. The topological polar surface area (TPSA) is 34.5 Å². The summed E-state index contributed by atoms with van der Waals surface area (Å²) in [5.41, 5.74) is 4.70. The van der Waals surface area contributed by atoms with E-state index in [0.29, 0.717) is 15.8 Å². The number of thioether (sulfide) groups is 1. The summed E-state index contributed by atoms with van der Waals surface area (Å²) in [5, 5.41) is 1.88. The Balaban J connectivity index is 1.50. The lowest BCUT2D eigenvalue weighted by molar-refractivity contribution is -0.123. The number of hydrogen-bond acceptors (Lipinski definition) is 4. The summed E-state index contributed by atoms with van der Waals surface area (Å²) in [6.45, 7) is 4.21. The van der Waals surface area contributed by atoms with Gasteiger partial charge in [-0.1, -0.05) is 72.8 Å². The Kier molecular flexibility index (Phi) is 6.61. The SMILES string of the molecule is CCc1cccc2c(/C=C3\SC(=S)N(C[C@H]4CCCO4)C3=O)cn(Cc3ccc(Cl)cc3)c12. The van der Waals surface area contributed by atoms with Crippen molar-refractivity contribution < 1.29 is 9.53 Å². The van der Waals surface area contributed by atoms with Crippen molar-refractivity contribution in [1.82, 2.24) is 9.47 Å². The van der Waals surface area contributed by atoms with Crippen LogP contribution in [-0.2, 0) is 22.5 Å². The number of carbonyl (C=O) groups is 1. The molecule has 5 rings (SSSR count). The van der Waals surface area contributed by atoms with Crippen molar-refractivity contribution in [2.75, 3.05) is 13.2 Å². The van der Waals surface area contributed by atoms with Gasteiger partial charge in [-0.15, -0.1) is 0 Å². The van der Waals surface area contributed by atoms with Crippen LogP contribution in [0.3, 0.4) is 0 Å². The summed E-state index contributed by atoms with van der Waals surface area (Å²) in [6.07, 6.45) is 7.18. The highest BCUT2D eigenvalue weighted by molar-refractivity contribution is 8.26. The van der Waals surface area contributed by atoms with Gasteiger partial charge in [0, 0.05) is 35.3 Å². The van der Waals surface area contributed by atoms with Crippen molar-refractivity contribution >= 4 is 62.8 Å². The Bertz CT molecular complexity index is 1240. The van der Waals surface area contributed by atoms with Crippen LogP contribution in [0.5, 0.6) is 0 Å². The van der Waals surface area contributed by atoms with Crippen LogP contribution in [0.4, 0.5) is 0 Å². The van der Waals surface area contributed by atoms with E-state index in [0.717, 1.165) is 48.4 Å². The first kappa shape index (κ1) is 22.7. The molecular formula is C26H25ClN2O2S2. The van der Waals surface area contributed by atoms with Crippen LogP contribution in [0, 0.1) is 0 Å². The number of hydrogen-bond donors (Lipinski definition) is 0. The fourth-order valence-corrected chi connectivity index (χ4v) is 5.96. The third-order valence-electron chi connectivity index (χ3n) is 6.23. The van der Waals surface area contributed by atoms with E-state index in [4.69, 9.17) is 28.6 Å². The fourth-order valence-electron chi connectivity index (χ4n) is 4.57. The number of aromatic nitrogens is 1. The lowest BCUT2D eigenvalue weighted by Crippen LogP contribution is -2.35. The van der Waals surface area contributed by atoms with Crippen molar-refractivity contribution in [2.45, 2.75) is 38.8 Å². The summed E-state index contributed by atoms with van der Waals surface area (Å²) < 4.78 is 8.61. The normalized spacial score (nSPS) is 20.0. The Morgan fingerprint density at radius 2 is 2.06 bits per heavy atom. The van der Waals surface area contributed by atoms with Crippen LogP contribution in [-0.4, -0.2) is 39.0 Å². The van der Waals surface area contributed by atoms with E-state index in [1.165, 1.54) is 28.4 Å². The first-order valence-corrected chi connectivity index (χ1v) is 12.9. The number of amides is 1. The number of para-hydroxylation sites is 1. The van der Waals surface area contributed by atoms with Gasteiger partial charge in [0.05, 0.1) is 23.1 Å². The van der Waals surface area contributed by atoms with E-state index in [1.54, 1.807) is 4.90 Å². The summed E-state index contributed by atoms with van der Waals surface area (Å²) in [6, 6.07) is 14.3. The molecule has 3 heterocycles. The average molecular weight is 497 g/mol. The maximum absolute atomic E-state index is 13.2. The fraction of sp³-hybridized carbons (Fsp3) is 0.308. The number of carbonyl (C=O) groups excluding carboxylic acids is 1. The molecule has 33 heavy (non-hydrogen) atoms. The van der Waals surface area contributed by atoms with Crippen molar-refractivity contribution in [3.05, 3.63) is 75.3 Å². The average Bonchev–Trinajstić information content (AvgIpc) is 3.52. The second-order valence-corrected chi connectivity index (χ2v) is 10.5. The van der Waals surface area contributed by atoms with E-state index < -0.39 is 0 Å². The molecule has 0 N–H and O–H groups in total. The summed E-state index contributed by atoms with van der Waals surface area (Å²) >= 11 is 13.0. The molecule has 1 aromatic heterocycles. The van der Waals surface area contributed by atoms with E-state index in [-0.39, 0.29) is 12.0 Å². The molecule has 170 valence electrons. The van der Waals surface area contributed by atoms with Gasteiger partial charge in [-0.3, -0.25) is 9.69 Å². The molecule has 0 radical (unpaired) electrons. The smallest absolute Gasteiger partial charge is 0.266 e. The third-order valence-corrected chi connectivity index (χ3v) is 7.86. The first-order valence-electron chi connectivity index (χ1n) is 11.3. The van der Waals surface area contributed by atoms with Crippen LogP contribution < -0.4 is 0 Å². The van der Waals surface area contributed by atoms with Gasteiger partial charge in [0.1, 0.15) is 4.32 Å². The molecule has 1 amide bonds. The highest BCUT2D eigenvalue weighted by Crippen LogP contribution is 2.36. The van der Waals surface area contributed by atoms with Crippen LogP contribution in [0.25, 0.3) is 17.0 Å². The van der Waals surface area contributed by atoms with Crippen molar-refractivity contribution in [3.63, 3.8) is 0 Å². The second-order valence-electron chi connectivity index (χ2n) is 8.43. The quantitative estimate of drug-likeness (QED) is 0.297. The standard InChI is InChI=1S/C26H25ClN2O2S2/c1-2-18-5-3-7-22-19(15-28(24(18)22)14-17-8-10-20(27)11-9-17)13-23-25(30)29(26(32)33-23)16-21-6-4-12-31-21/h3,5,7-11,13,15,21H,2,4,6,12,14,16H2,1H3/b23-13-/t21-/m1/s1. The van der Waals surface area contributed by atoms with E-state index in [9.17, 15) is 4.79 Å². The zero-order valence-electron chi connectivity index (χ0n) is 18.4. The molecular weight excluding hydrogens is 472 g/mol. The minimum Gasteiger partial charge on any atom is -0.376 e.